The third-order valence-electron chi connectivity index (χ3n) is 4.65. The molecule has 0 aromatic carbocycles. The summed E-state index contributed by atoms with van der Waals surface area (Å²) in [6.45, 7) is 2.98. The quantitative estimate of drug-likeness (QED) is 0.773. The number of aliphatic hydroxyl groups is 1. The van der Waals surface area contributed by atoms with Gasteiger partial charge in [0.05, 0.1) is 6.20 Å². The van der Waals surface area contributed by atoms with Crippen LogP contribution in [0.2, 0.25) is 0 Å². The largest absolute Gasteiger partial charge is 0.396 e. The highest BCUT2D eigenvalue weighted by molar-refractivity contribution is 7.17. The van der Waals surface area contributed by atoms with Gasteiger partial charge in [0.25, 0.3) is 5.91 Å². The minimum Gasteiger partial charge on any atom is -0.396 e. The van der Waals surface area contributed by atoms with E-state index in [1.807, 2.05) is 6.92 Å². The fourth-order valence-electron chi connectivity index (χ4n) is 3.73. The number of fused-ring (bicyclic) bond motifs is 2. The van der Waals surface area contributed by atoms with E-state index in [4.69, 9.17) is 0 Å². The first kappa shape index (κ1) is 13.8. The fourth-order valence-corrected chi connectivity index (χ4v) is 4.52. The number of amides is 1. The van der Waals surface area contributed by atoms with Gasteiger partial charge in [0.2, 0.25) is 0 Å². The van der Waals surface area contributed by atoms with Crippen molar-refractivity contribution in [2.45, 2.75) is 32.2 Å². The van der Waals surface area contributed by atoms with Crippen LogP contribution in [-0.2, 0) is 0 Å². The number of nitrogens with zero attached hydrogens (tertiary/aromatic N) is 1. The van der Waals surface area contributed by atoms with Gasteiger partial charge >= 0.3 is 0 Å². The van der Waals surface area contributed by atoms with E-state index in [1.54, 1.807) is 6.20 Å². The average Bonchev–Trinajstić information content (AvgIpc) is 3.13. The van der Waals surface area contributed by atoms with E-state index in [1.165, 1.54) is 24.2 Å². The summed E-state index contributed by atoms with van der Waals surface area (Å²) >= 11 is 1.38. The predicted molar refractivity (Wildman–Crippen MR) is 78.9 cm³/mol. The summed E-state index contributed by atoms with van der Waals surface area (Å²) in [4.78, 5) is 17.1. The molecule has 20 heavy (non-hydrogen) atoms. The molecule has 1 aromatic heterocycles. The van der Waals surface area contributed by atoms with Crippen molar-refractivity contribution in [3.63, 3.8) is 0 Å². The van der Waals surface area contributed by atoms with Gasteiger partial charge < -0.3 is 15.7 Å². The van der Waals surface area contributed by atoms with Crippen LogP contribution in [0, 0.1) is 17.8 Å². The van der Waals surface area contributed by atoms with Gasteiger partial charge in [-0.2, -0.15) is 0 Å². The Hall–Kier alpha value is -1.14. The Morgan fingerprint density at radius 3 is 3.05 bits per heavy atom. The number of hydrogen-bond donors (Lipinski definition) is 3. The maximum atomic E-state index is 12.3. The molecule has 2 aliphatic carbocycles. The van der Waals surface area contributed by atoms with Gasteiger partial charge in [0, 0.05) is 25.1 Å². The van der Waals surface area contributed by atoms with Crippen molar-refractivity contribution < 1.29 is 9.90 Å². The lowest BCUT2D eigenvalue weighted by Gasteiger charge is -2.30. The summed E-state index contributed by atoms with van der Waals surface area (Å²) in [6, 6.07) is 0.135. The molecular weight excluding hydrogens is 274 g/mol. The number of nitrogens with one attached hydrogen (secondary N) is 2. The normalized spacial score (nSPS) is 31.5. The van der Waals surface area contributed by atoms with Crippen LogP contribution >= 0.6 is 11.3 Å². The first-order valence-electron chi connectivity index (χ1n) is 7.34. The Kier molecular flexibility index (Phi) is 3.94. The SMILES string of the molecule is CCNc1ncc(C(=O)N[C@@H]2[C@H]3CC[C@@H](C3)[C@H]2CO)s1. The number of anilines is 1. The Balaban J connectivity index is 1.66. The van der Waals surface area contributed by atoms with Crippen molar-refractivity contribution in [1.82, 2.24) is 10.3 Å². The number of rotatable bonds is 5. The molecule has 110 valence electrons. The summed E-state index contributed by atoms with van der Waals surface area (Å²) < 4.78 is 0. The van der Waals surface area contributed by atoms with E-state index in [0.29, 0.717) is 16.7 Å². The topological polar surface area (TPSA) is 74.2 Å². The highest BCUT2D eigenvalue weighted by Crippen LogP contribution is 2.48. The molecule has 2 aliphatic rings. The lowest BCUT2D eigenvalue weighted by Crippen LogP contribution is -2.45. The molecule has 1 aromatic rings. The number of hydrogen-bond acceptors (Lipinski definition) is 5. The summed E-state index contributed by atoms with van der Waals surface area (Å²) in [5.74, 6) is 1.32. The van der Waals surface area contributed by atoms with Gasteiger partial charge in [-0.3, -0.25) is 4.79 Å². The molecule has 3 rings (SSSR count). The molecule has 0 saturated heterocycles. The van der Waals surface area contributed by atoms with Crippen LogP contribution in [0.1, 0.15) is 35.9 Å². The van der Waals surface area contributed by atoms with Crippen molar-refractivity contribution in [3.05, 3.63) is 11.1 Å². The minimum atomic E-state index is -0.0531. The second kappa shape index (κ2) is 5.69. The number of aromatic nitrogens is 1. The van der Waals surface area contributed by atoms with Crippen LogP contribution in [0.5, 0.6) is 0 Å². The maximum Gasteiger partial charge on any atom is 0.263 e. The van der Waals surface area contributed by atoms with Crippen molar-refractivity contribution >= 4 is 22.4 Å². The summed E-state index contributed by atoms with van der Waals surface area (Å²) in [7, 11) is 0. The second-order valence-electron chi connectivity index (χ2n) is 5.74. The van der Waals surface area contributed by atoms with Gasteiger partial charge in [-0.15, -0.1) is 0 Å². The summed E-state index contributed by atoms with van der Waals surface area (Å²) in [6.07, 6.45) is 5.16. The fraction of sp³-hybridized carbons (Fsp3) is 0.714. The smallest absolute Gasteiger partial charge is 0.263 e. The molecule has 2 fully saturated rings. The van der Waals surface area contributed by atoms with Gasteiger partial charge in [-0.05, 0) is 38.0 Å². The van der Waals surface area contributed by atoms with E-state index in [9.17, 15) is 9.90 Å². The number of carbonyl (C=O) groups excluding carboxylic acids is 1. The molecule has 3 N–H and O–H groups in total. The van der Waals surface area contributed by atoms with Crippen LogP contribution in [0.15, 0.2) is 6.20 Å². The number of aliphatic hydroxyl groups excluding tert-OH is 1. The number of carbonyl (C=O) groups is 1. The molecule has 0 aliphatic heterocycles. The highest BCUT2D eigenvalue weighted by Gasteiger charge is 2.47. The van der Waals surface area contributed by atoms with Crippen LogP contribution in [0.3, 0.4) is 0 Å². The van der Waals surface area contributed by atoms with E-state index in [0.717, 1.165) is 18.1 Å². The van der Waals surface area contributed by atoms with Crippen LogP contribution in [0.25, 0.3) is 0 Å². The molecule has 0 spiro atoms. The third kappa shape index (κ3) is 2.42. The minimum absolute atomic E-state index is 0.0531. The molecular formula is C14H21N3O2S. The second-order valence-corrected chi connectivity index (χ2v) is 6.77. The Labute approximate surface area is 122 Å². The average molecular weight is 295 g/mol. The molecule has 1 heterocycles. The summed E-state index contributed by atoms with van der Waals surface area (Å²) in [5.41, 5.74) is 0. The van der Waals surface area contributed by atoms with E-state index < -0.39 is 0 Å². The van der Waals surface area contributed by atoms with Crippen LogP contribution in [0.4, 0.5) is 5.13 Å². The molecule has 4 atom stereocenters. The van der Waals surface area contributed by atoms with Gasteiger partial charge in [0.15, 0.2) is 5.13 Å². The van der Waals surface area contributed by atoms with Gasteiger partial charge in [0.1, 0.15) is 4.88 Å². The van der Waals surface area contributed by atoms with Crippen molar-refractivity contribution in [1.29, 1.82) is 0 Å². The van der Waals surface area contributed by atoms with E-state index in [-0.39, 0.29) is 24.5 Å². The first-order valence-corrected chi connectivity index (χ1v) is 8.16. The zero-order chi connectivity index (χ0) is 14.1. The molecule has 0 unspecified atom stereocenters. The zero-order valence-corrected chi connectivity index (χ0v) is 12.4. The molecule has 6 heteroatoms. The molecule has 2 bridgehead atoms. The zero-order valence-electron chi connectivity index (χ0n) is 11.6. The van der Waals surface area contributed by atoms with Crippen molar-refractivity contribution in [2.75, 3.05) is 18.5 Å². The number of thiazole rings is 1. The molecule has 1 amide bonds. The van der Waals surface area contributed by atoms with Gasteiger partial charge in [-0.25, -0.2) is 4.98 Å². The molecule has 5 nitrogen and oxygen atoms in total. The lowest BCUT2D eigenvalue weighted by molar-refractivity contribution is 0.0865. The van der Waals surface area contributed by atoms with E-state index in [2.05, 4.69) is 15.6 Å². The molecule has 0 radical (unpaired) electrons. The monoisotopic (exact) mass is 295 g/mol. The highest BCUT2D eigenvalue weighted by atomic mass is 32.1. The predicted octanol–water partition coefficient (Wildman–Crippen LogP) is 1.71. The third-order valence-corrected chi connectivity index (χ3v) is 5.61. The molecule has 2 saturated carbocycles. The van der Waals surface area contributed by atoms with Crippen molar-refractivity contribution in [3.8, 4) is 0 Å². The Bertz CT molecular complexity index is 491. The standard InChI is InChI=1S/C14H21N3O2S/c1-2-15-14-16-6-11(20-14)13(19)17-12-9-4-3-8(5-9)10(12)7-18/h6,8-10,12,18H,2-5,7H2,1H3,(H,15,16)(H,17,19)/t8-,9-,10+,12+/m0/s1. The Morgan fingerprint density at radius 2 is 2.30 bits per heavy atom. The van der Waals surface area contributed by atoms with Gasteiger partial charge in [-0.1, -0.05) is 11.3 Å². The Morgan fingerprint density at radius 1 is 1.50 bits per heavy atom. The van der Waals surface area contributed by atoms with E-state index >= 15 is 0 Å². The van der Waals surface area contributed by atoms with Crippen LogP contribution in [-0.4, -0.2) is 35.2 Å². The lowest BCUT2D eigenvalue weighted by atomic mass is 9.85. The summed E-state index contributed by atoms with van der Waals surface area (Å²) in [5, 5.41) is 16.6. The van der Waals surface area contributed by atoms with Crippen LogP contribution < -0.4 is 10.6 Å². The maximum absolute atomic E-state index is 12.3. The van der Waals surface area contributed by atoms with Crippen molar-refractivity contribution in [2.24, 2.45) is 17.8 Å². The first-order chi connectivity index (χ1) is 9.72.